The van der Waals surface area contributed by atoms with E-state index < -0.39 is 0 Å². The average Bonchev–Trinajstić information content (AvgIpc) is 2.74. The summed E-state index contributed by atoms with van der Waals surface area (Å²) in [6, 6.07) is 18.0. The molecule has 2 aromatic carbocycles. The first-order valence-corrected chi connectivity index (χ1v) is 11.5. The van der Waals surface area contributed by atoms with Crippen molar-refractivity contribution in [1.29, 1.82) is 0 Å². The van der Waals surface area contributed by atoms with E-state index in [0.29, 0.717) is 5.88 Å². The summed E-state index contributed by atoms with van der Waals surface area (Å²) >= 11 is 6.02. The van der Waals surface area contributed by atoms with Crippen molar-refractivity contribution in [1.82, 2.24) is 4.90 Å². The molecular formula is C25H36ClN3O. The van der Waals surface area contributed by atoms with Crippen LogP contribution in [-0.4, -0.2) is 69.3 Å². The van der Waals surface area contributed by atoms with Crippen molar-refractivity contribution in [2.75, 3.05) is 57.0 Å². The summed E-state index contributed by atoms with van der Waals surface area (Å²) in [6.07, 6.45) is 2.36. The maximum Gasteiger partial charge on any atom is 0.0567 e. The highest BCUT2D eigenvalue weighted by atomic mass is 35.5. The van der Waals surface area contributed by atoms with Gasteiger partial charge >= 0.3 is 0 Å². The van der Waals surface area contributed by atoms with E-state index >= 15 is 0 Å². The van der Waals surface area contributed by atoms with E-state index in [1.165, 1.54) is 22.5 Å². The molecule has 1 N–H and O–H groups in total. The number of hydrogen-bond donors (Lipinski definition) is 1. The van der Waals surface area contributed by atoms with Gasteiger partial charge in [-0.1, -0.05) is 24.3 Å². The van der Waals surface area contributed by atoms with Gasteiger partial charge in [-0.2, -0.15) is 0 Å². The molecule has 0 saturated carbocycles. The van der Waals surface area contributed by atoms with E-state index in [4.69, 9.17) is 11.6 Å². The van der Waals surface area contributed by atoms with E-state index in [1.54, 1.807) is 0 Å². The van der Waals surface area contributed by atoms with Gasteiger partial charge in [0.15, 0.2) is 0 Å². The Morgan fingerprint density at radius 2 is 1.43 bits per heavy atom. The van der Waals surface area contributed by atoms with Gasteiger partial charge < -0.3 is 14.9 Å². The molecule has 1 fully saturated rings. The maximum atomic E-state index is 10.5. The van der Waals surface area contributed by atoms with Gasteiger partial charge in [-0.3, -0.25) is 4.90 Å². The number of piperidine rings is 1. The number of aliphatic hydroxyl groups excluding tert-OH is 1. The molecule has 5 heteroatoms. The van der Waals surface area contributed by atoms with Gasteiger partial charge in [0.1, 0.15) is 0 Å². The number of anilines is 2. The first kappa shape index (κ1) is 22.9. The SMILES string of the molecule is CN(C)c1ccc(C(c2ccc(N(C)C)cc2)C2CC(O)CCN2CCCCl)cc1. The molecule has 0 spiro atoms. The van der Waals surface area contributed by atoms with Gasteiger partial charge in [-0.05, 0) is 61.2 Å². The number of aliphatic hydroxyl groups is 1. The molecule has 1 aliphatic heterocycles. The van der Waals surface area contributed by atoms with Crippen LogP contribution in [0.5, 0.6) is 0 Å². The Bertz CT molecular complexity index is 722. The highest BCUT2D eigenvalue weighted by molar-refractivity contribution is 6.17. The Balaban J connectivity index is 2.00. The first-order chi connectivity index (χ1) is 14.4. The molecule has 0 aliphatic carbocycles. The van der Waals surface area contributed by atoms with Crippen molar-refractivity contribution >= 4 is 23.0 Å². The number of rotatable bonds is 8. The lowest BCUT2D eigenvalue weighted by Gasteiger charge is -2.43. The molecule has 2 unspecified atom stereocenters. The lowest BCUT2D eigenvalue weighted by molar-refractivity contribution is 0.0353. The molecule has 0 amide bonds. The van der Waals surface area contributed by atoms with E-state index in [-0.39, 0.29) is 18.1 Å². The number of likely N-dealkylation sites (tertiary alicyclic amines) is 1. The topological polar surface area (TPSA) is 30.0 Å². The van der Waals surface area contributed by atoms with E-state index in [1.807, 2.05) is 0 Å². The van der Waals surface area contributed by atoms with Crippen LogP contribution in [0.1, 0.15) is 36.3 Å². The standard InChI is InChI=1S/C25H36ClN3O/c1-27(2)21-10-6-19(7-11-21)25(20-8-12-22(13-9-20)28(3)4)24-18-23(30)14-17-29(24)16-5-15-26/h6-13,23-25,30H,5,14-18H2,1-4H3. The lowest BCUT2D eigenvalue weighted by Crippen LogP contribution is -2.48. The van der Waals surface area contributed by atoms with Crippen LogP contribution in [0, 0.1) is 0 Å². The summed E-state index contributed by atoms with van der Waals surface area (Å²) in [5, 5.41) is 10.5. The van der Waals surface area contributed by atoms with Crippen molar-refractivity contribution in [3.05, 3.63) is 59.7 Å². The number of benzene rings is 2. The third-order valence-electron chi connectivity index (χ3n) is 6.23. The van der Waals surface area contributed by atoms with Gasteiger partial charge in [0, 0.05) is 63.9 Å². The van der Waals surface area contributed by atoms with Gasteiger partial charge in [0.25, 0.3) is 0 Å². The Morgan fingerprint density at radius 3 is 1.87 bits per heavy atom. The summed E-state index contributed by atoms with van der Waals surface area (Å²) < 4.78 is 0. The van der Waals surface area contributed by atoms with Crippen LogP contribution in [0.15, 0.2) is 48.5 Å². The zero-order valence-corrected chi connectivity index (χ0v) is 19.5. The van der Waals surface area contributed by atoms with Crippen LogP contribution in [-0.2, 0) is 0 Å². The molecule has 0 radical (unpaired) electrons. The average molecular weight is 430 g/mol. The molecule has 0 bridgehead atoms. The second-order valence-corrected chi connectivity index (χ2v) is 9.15. The van der Waals surface area contributed by atoms with Gasteiger partial charge in [-0.25, -0.2) is 0 Å². The lowest BCUT2D eigenvalue weighted by atomic mass is 9.79. The minimum absolute atomic E-state index is 0.211. The van der Waals surface area contributed by atoms with Gasteiger partial charge in [-0.15, -0.1) is 11.6 Å². The first-order valence-electron chi connectivity index (χ1n) is 10.9. The molecule has 0 aromatic heterocycles. The monoisotopic (exact) mass is 429 g/mol. The highest BCUT2D eigenvalue weighted by Crippen LogP contribution is 2.37. The molecule has 30 heavy (non-hydrogen) atoms. The summed E-state index contributed by atoms with van der Waals surface area (Å²) in [4.78, 5) is 6.79. The van der Waals surface area contributed by atoms with E-state index in [9.17, 15) is 5.11 Å². The van der Waals surface area contributed by atoms with Crippen LogP contribution < -0.4 is 9.80 Å². The second-order valence-electron chi connectivity index (χ2n) is 8.77. The Morgan fingerprint density at radius 1 is 0.933 bits per heavy atom. The normalized spacial score (nSPS) is 19.8. The molecule has 1 aliphatic rings. The van der Waals surface area contributed by atoms with Crippen LogP contribution in [0.2, 0.25) is 0 Å². The highest BCUT2D eigenvalue weighted by Gasteiger charge is 2.35. The predicted octanol–water partition coefficient (Wildman–Crippen LogP) is 4.40. The molecule has 3 rings (SSSR count). The quantitative estimate of drug-likeness (QED) is 0.629. The van der Waals surface area contributed by atoms with E-state index in [2.05, 4.69) is 91.4 Å². The van der Waals surface area contributed by atoms with Crippen molar-refractivity contribution in [2.24, 2.45) is 0 Å². The number of alkyl halides is 1. The van der Waals surface area contributed by atoms with Crippen molar-refractivity contribution in [3.8, 4) is 0 Å². The zero-order chi connectivity index (χ0) is 21.7. The molecule has 1 saturated heterocycles. The Hall–Kier alpha value is -1.75. The molecule has 4 nitrogen and oxygen atoms in total. The molecule has 1 heterocycles. The third-order valence-corrected chi connectivity index (χ3v) is 6.50. The number of nitrogens with zero attached hydrogens (tertiary/aromatic N) is 3. The second kappa shape index (κ2) is 10.5. The third kappa shape index (κ3) is 5.48. The fraction of sp³-hybridized carbons (Fsp3) is 0.520. The van der Waals surface area contributed by atoms with Gasteiger partial charge in [0.05, 0.1) is 6.10 Å². The largest absolute Gasteiger partial charge is 0.393 e. The summed E-state index contributed by atoms with van der Waals surface area (Å²) in [5.41, 5.74) is 4.99. The van der Waals surface area contributed by atoms with E-state index in [0.717, 1.165) is 32.4 Å². The van der Waals surface area contributed by atoms with Crippen molar-refractivity contribution in [3.63, 3.8) is 0 Å². The molecule has 164 valence electrons. The molecule has 2 aromatic rings. The smallest absolute Gasteiger partial charge is 0.0567 e. The fourth-order valence-electron chi connectivity index (χ4n) is 4.51. The predicted molar refractivity (Wildman–Crippen MR) is 129 cm³/mol. The molecular weight excluding hydrogens is 394 g/mol. The fourth-order valence-corrected chi connectivity index (χ4v) is 4.63. The maximum absolute atomic E-state index is 10.5. The molecule has 2 atom stereocenters. The minimum atomic E-state index is -0.244. The van der Waals surface area contributed by atoms with Crippen molar-refractivity contribution in [2.45, 2.75) is 37.3 Å². The summed E-state index contributed by atoms with van der Waals surface area (Å²) in [7, 11) is 8.27. The van der Waals surface area contributed by atoms with Gasteiger partial charge in [0.2, 0.25) is 0 Å². The number of hydrogen-bond acceptors (Lipinski definition) is 4. The number of halogens is 1. The van der Waals surface area contributed by atoms with Crippen LogP contribution >= 0.6 is 11.6 Å². The summed E-state index contributed by atoms with van der Waals surface area (Å²) in [6.45, 7) is 1.90. The van der Waals surface area contributed by atoms with Crippen molar-refractivity contribution < 1.29 is 5.11 Å². The Labute approximate surface area is 187 Å². The van der Waals surface area contributed by atoms with Crippen LogP contribution in [0.25, 0.3) is 0 Å². The van der Waals surface area contributed by atoms with Crippen LogP contribution in [0.3, 0.4) is 0 Å². The Kier molecular flexibility index (Phi) is 8.04. The van der Waals surface area contributed by atoms with Crippen LogP contribution in [0.4, 0.5) is 11.4 Å². The zero-order valence-electron chi connectivity index (χ0n) is 18.8. The minimum Gasteiger partial charge on any atom is -0.393 e. The summed E-state index contributed by atoms with van der Waals surface area (Å²) in [5.74, 6) is 0.883.